The van der Waals surface area contributed by atoms with Crippen LogP contribution in [0.15, 0.2) is 24.3 Å². The molecule has 0 heterocycles. The summed E-state index contributed by atoms with van der Waals surface area (Å²) < 4.78 is 0. The molecule has 0 saturated heterocycles. The molecule has 43 heavy (non-hydrogen) atoms. The number of aliphatic hydroxyl groups excluding tert-OH is 2. The summed E-state index contributed by atoms with van der Waals surface area (Å²) in [6.07, 6.45) is 34.7. The first kappa shape index (κ1) is 46.7. The molecule has 0 radical (unpaired) electrons. The van der Waals surface area contributed by atoms with Crippen LogP contribution in [0.1, 0.15) is 181 Å². The number of hydrogen-bond acceptors (Lipinski definition) is 4. The maximum Gasteiger partial charge on any atom is 0.303 e. The van der Waals surface area contributed by atoms with Crippen molar-refractivity contribution in [1.82, 2.24) is 0 Å². The molecule has 0 aromatic carbocycles. The fourth-order valence-electron chi connectivity index (χ4n) is 4.73. The molecule has 0 unspecified atom stereocenters. The van der Waals surface area contributed by atoms with Gasteiger partial charge in [0.15, 0.2) is 0 Å². The molecule has 0 aliphatic heterocycles. The Bertz CT molecular complexity index is 583. The Balaban J connectivity index is -0.000000727. The molecular formula is C36H68CdO6. The third-order valence-electron chi connectivity index (χ3n) is 7.45. The molecule has 0 aromatic heterocycles. The monoisotopic (exact) mass is 710 g/mol. The summed E-state index contributed by atoms with van der Waals surface area (Å²) in [5, 5.41) is 36.6. The van der Waals surface area contributed by atoms with Crippen LogP contribution in [0.3, 0.4) is 0 Å². The van der Waals surface area contributed by atoms with Gasteiger partial charge in [-0.15, -0.1) is 0 Å². The average Bonchev–Trinajstić information content (AvgIpc) is 2.95. The van der Waals surface area contributed by atoms with Crippen molar-refractivity contribution in [3.63, 3.8) is 0 Å². The van der Waals surface area contributed by atoms with E-state index in [1.165, 1.54) is 51.4 Å². The van der Waals surface area contributed by atoms with Crippen LogP contribution in [0.25, 0.3) is 0 Å². The number of allylic oxidation sites excluding steroid dienone is 2. The predicted molar refractivity (Wildman–Crippen MR) is 177 cm³/mol. The van der Waals surface area contributed by atoms with Crippen LogP contribution in [-0.4, -0.2) is 44.6 Å². The van der Waals surface area contributed by atoms with Gasteiger partial charge < -0.3 is 20.4 Å². The second kappa shape index (κ2) is 39.3. The molecule has 0 aliphatic rings. The Hall–Kier alpha value is -0.738. The Morgan fingerprint density at radius 2 is 0.814 bits per heavy atom. The van der Waals surface area contributed by atoms with E-state index in [9.17, 15) is 19.8 Å². The molecule has 0 spiro atoms. The van der Waals surface area contributed by atoms with Gasteiger partial charge in [-0.05, 0) is 64.2 Å². The number of carboxylic acid groups (broad SMARTS) is 2. The van der Waals surface area contributed by atoms with Gasteiger partial charge >= 0.3 is 11.9 Å². The summed E-state index contributed by atoms with van der Waals surface area (Å²) in [6, 6.07) is 0. The number of unbranched alkanes of at least 4 members (excludes halogenated alkanes) is 16. The second-order valence-corrected chi connectivity index (χ2v) is 11.8. The summed E-state index contributed by atoms with van der Waals surface area (Å²) in [6.45, 7) is 4.40. The van der Waals surface area contributed by atoms with Gasteiger partial charge in [0, 0.05) is 40.1 Å². The molecule has 6 nitrogen and oxygen atoms in total. The van der Waals surface area contributed by atoms with E-state index in [1.54, 1.807) is 0 Å². The van der Waals surface area contributed by atoms with Crippen molar-refractivity contribution in [3.05, 3.63) is 24.3 Å². The van der Waals surface area contributed by atoms with Gasteiger partial charge in [-0.3, -0.25) is 9.59 Å². The van der Waals surface area contributed by atoms with E-state index in [-0.39, 0.29) is 39.5 Å². The number of carbonyl (C=O) groups is 2. The number of carboxylic acids is 2. The van der Waals surface area contributed by atoms with Crippen molar-refractivity contribution in [2.75, 3.05) is 0 Å². The van der Waals surface area contributed by atoms with Crippen molar-refractivity contribution in [1.29, 1.82) is 0 Å². The van der Waals surface area contributed by atoms with Gasteiger partial charge in [-0.2, -0.15) is 0 Å². The number of aliphatic carboxylic acids is 2. The topological polar surface area (TPSA) is 115 Å². The van der Waals surface area contributed by atoms with Crippen LogP contribution in [0.5, 0.6) is 0 Å². The fourth-order valence-corrected chi connectivity index (χ4v) is 4.73. The normalized spacial score (nSPS) is 12.6. The third-order valence-corrected chi connectivity index (χ3v) is 7.45. The molecule has 250 valence electrons. The molecule has 0 amide bonds. The van der Waals surface area contributed by atoms with E-state index in [0.29, 0.717) is 12.8 Å². The van der Waals surface area contributed by atoms with Crippen molar-refractivity contribution >= 4 is 11.9 Å². The Morgan fingerprint density at radius 3 is 1.16 bits per heavy atom. The SMILES string of the molecule is CCCCCC[C@@H](O)C/C=C\CCCCCCCC(=O)O.CCCCCC[C@@H](O)C/C=C\CCCCCCCC(=O)O.[Cd]. The largest absolute Gasteiger partial charge is 0.481 e. The summed E-state index contributed by atoms with van der Waals surface area (Å²) in [5.41, 5.74) is 0. The number of aliphatic hydroxyl groups is 2. The van der Waals surface area contributed by atoms with Crippen LogP contribution in [0.4, 0.5) is 0 Å². The van der Waals surface area contributed by atoms with E-state index in [0.717, 1.165) is 103 Å². The smallest absolute Gasteiger partial charge is 0.303 e. The van der Waals surface area contributed by atoms with Gasteiger partial charge in [0.2, 0.25) is 0 Å². The molecule has 0 saturated carbocycles. The van der Waals surface area contributed by atoms with Crippen LogP contribution in [-0.2, 0) is 36.9 Å². The van der Waals surface area contributed by atoms with Crippen molar-refractivity contribution in [3.8, 4) is 0 Å². The molecule has 0 bridgehead atoms. The predicted octanol–water partition coefficient (Wildman–Crippen LogP) is 10.2. The molecule has 4 N–H and O–H groups in total. The minimum absolute atomic E-state index is 0. The quantitative estimate of drug-likeness (QED) is 0.0335. The number of hydrogen-bond donors (Lipinski definition) is 4. The molecule has 7 heteroatoms. The van der Waals surface area contributed by atoms with Gasteiger partial charge in [0.1, 0.15) is 0 Å². The van der Waals surface area contributed by atoms with Crippen molar-refractivity contribution in [2.24, 2.45) is 0 Å². The molecule has 0 rings (SSSR count). The molecule has 2 atom stereocenters. The zero-order chi connectivity index (χ0) is 31.5. The first-order chi connectivity index (χ1) is 20.3. The zero-order valence-corrected chi connectivity index (χ0v) is 32.2. The Morgan fingerprint density at radius 1 is 0.488 bits per heavy atom. The number of rotatable bonds is 30. The third kappa shape index (κ3) is 45.8. The minimum Gasteiger partial charge on any atom is -0.481 e. The molecule has 0 aliphatic carbocycles. The van der Waals surface area contributed by atoms with Crippen LogP contribution in [0.2, 0.25) is 0 Å². The summed E-state index contributed by atoms with van der Waals surface area (Å²) in [4.78, 5) is 20.7. The van der Waals surface area contributed by atoms with Crippen LogP contribution >= 0.6 is 0 Å². The van der Waals surface area contributed by atoms with E-state index >= 15 is 0 Å². The average molecular weight is 709 g/mol. The standard InChI is InChI=1S/2C18H34O3.Cd/c2*1-2-3-4-11-14-17(19)15-12-9-7-5-6-8-10-13-16-18(20)21;/h2*9,12,17,19H,2-8,10-11,13-16H2,1H3,(H,20,21);/b2*12-9-;/t2*17-;/m11./s1. The van der Waals surface area contributed by atoms with Gasteiger partial charge in [-0.25, -0.2) is 0 Å². The molecule has 0 aromatic rings. The van der Waals surface area contributed by atoms with Crippen LogP contribution in [0, 0.1) is 0 Å². The van der Waals surface area contributed by atoms with E-state index in [1.807, 2.05) is 0 Å². The fraction of sp³-hybridized carbons (Fsp3) is 0.833. The summed E-state index contributed by atoms with van der Waals surface area (Å²) >= 11 is 0. The van der Waals surface area contributed by atoms with E-state index in [4.69, 9.17) is 10.2 Å². The molecule has 0 fully saturated rings. The Kier molecular flexibility index (Phi) is 42.6. The van der Waals surface area contributed by atoms with Gasteiger partial charge in [0.25, 0.3) is 0 Å². The second-order valence-electron chi connectivity index (χ2n) is 11.8. The maximum atomic E-state index is 10.3. The Labute approximate surface area is 285 Å². The molecular weight excluding hydrogens is 641 g/mol. The first-order valence-corrected chi connectivity index (χ1v) is 17.4. The first-order valence-electron chi connectivity index (χ1n) is 17.4. The van der Waals surface area contributed by atoms with E-state index < -0.39 is 11.9 Å². The van der Waals surface area contributed by atoms with Crippen LogP contribution < -0.4 is 0 Å². The summed E-state index contributed by atoms with van der Waals surface area (Å²) in [7, 11) is 0. The van der Waals surface area contributed by atoms with E-state index in [2.05, 4.69) is 38.2 Å². The summed E-state index contributed by atoms with van der Waals surface area (Å²) in [5.74, 6) is -1.38. The van der Waals surface area contributed by atoms with Gasteiger partial charge in [-0.1, -0.05) is 128 Å². The zero-order valence-electron chi connectivity index (χ0n) is 28.2. The van der Waals surface area contributed by atoms with Gasteiger partial charge in [0.05, 0.1) is 12.2 Å². The minimum atomic E-state index is -0.689. The van der Waals surface area contributed by atoms with Crippen molar-refractivity contribution < 1.29 is 57.3 Å². The maximum absolute atomic E-state index is 10.3. The van der Waals surface area contributed by atoms with Crippen molar-refractivity contribution in [2.45, 2.75) is 193 Å².